The van der Waals surface area contributed by atoms with Crippen molar-refractivity contribution in [3.8, 4) is 6.07 Å². The van der Waals surface area contributed by atoms with E-state index < -0.39 is 0 Å². The van der Waals surface area contributed by atoms with E-state index >= 15 is 0 Å². The Balaban J connectivity index is 1.30. The molecule has 1 fully saturated rings. The summed E-state index contributed by atoms with van der Waals surface area (Å²) in [6, 6.07) is 43.2. The summed E-state index contributed by atoms with van der Waals surface area (Å²) in [5.74, 6) is -0.236. The summed E-state index contributed by atoms with van der Waals surface area (Å²) in [5, 5.41) is 13.3. The fourth-order valence-electron chi connectivity index (χ4n) is 5.22. The fraction of sp³-hybridized carbons (Fsp3) is 0.176. The van der Waals surface area contributed by atoms with E-state index in [1.807, 2.05) is 72.8 Å². The monoisotopic (exact) mass is 512 g/mol. The van der Waals surface area contributed by atoms with Gasteiger partial charge in [0, 0.05) is 32.4 Å². The zero-order chi connectivity index (χ0) is 26.9. The van der Waals surface area contributed by atoms with Gasteiger partial charge in [-0.25, -0.2) is 0 Å². The molecular formula is C34H32N4O. The first-order chi connectivity index (χ1) is 19.2. The van der Waals surface area contributed by atoms with E-state index in [4.69, 9.17) is 0 Å². The summed E-state index contributed by atoms with van der Waals surface area (Å²) in [7, 11) is 0. The van der Waals surface area contributed by atoms with E-state index in [1.165, 1.54) is 11.1 Å². The van der Waals surface area contributed by atoms with Crippen molar-refractivity contribution in [2.24, 2.45) is 0 Å². The number of nitriles is 1. The Hall–Kier alpha value is -4.66. The van der Waals surface area contributed by atoms with Crippen LogP contribution in [0.25, 0.3) is 0 Å². The van der Waals surface area contributed by atoms with Crippen LogP contribution in [0, 0.1) is 11.3 Å². The van der Waals surface area contributed by atoms with Gasteiger partial charge < -0.3 is 10.2 Å². The second-order valence-electron chi connectivity index (χ2n) is 9.64. The number of hydrogen-bond acceptors (Lipinski definition) is 4. The van der Waals surface area contributed by atoms with Crippen LogP contribution in [0.1, 0.15) is 34.3 Å². The van der Waals surface area contributed by atoms with Crippen LogP contribution in [0.5, 0.6) is 0 Å². The first kappa shape index (κ1) is 26.0. The lowest BCUT2D eigenvalue weighted by molar-refractivity contribution is -0.128. The Bertz CT molecular complexity index is 1330. The highest BCUT2D eigenvalue weighted by Gasteiger charge is 2.29. The maximum Gasteiger partial charge on any atom is 0.266 e. The van der Waals surface area contributed by atoms with Crippen LogP contribution in [0.2, 0.25) is 0 Å². The van der Waals surface area contributed by atoms with Crippen molar-refractivity contribution in [2.45, 2.75) is 12.1 Å². The number of rotatable bonds is 8. The number of carbonyl (C=O) groups excluding carboxylic acids is 1. The van der Waals surface area contributed by atoms with Crippen LogP contribution in [0.4, 0.5) is 0 Å². The van der Waals surface area contributed by atoms with E-state index in [0.29, 0.717) is 13.1 Å². The van der Waals surface area contributed by atoms with Crippen LogP contribution in [0.3, 0.4) is 0 Å². The molecule has 1 aliphatic rings. The molecule has 0 bridgehead atoms. The number of nitrogens with zero attached hydrogens (tertiary/aromatic N) is 3. The molecule has 0 aliphatic carbocycles. The van der Waals surface area contributed by atoms with Gasteiger partial charge in [0.15, 0.2) is 0 Å². The summed E-state index contributed by atoms with van der Waals surface area (Å²) >= 11 is 0. The van der Waals surface area contributed by atoms with Crippen molar-refractivity contribution >= 4 is 5.91 Å². The van der Waals surface area contributed by atoms with Crippen LogP contribution in [-0.2, 0) is 4.79 Å². The van der Waals surface area contributed by atoms with E-state index in [0.717, 1.165) is 24.2 Å². The predicted octanol–water partition coefficient (Wildman–Crippen LogP) is 5.71. The lowest BCUT2D eigenvalue weighted by Crippen LogP contribution is -2.50. The standard InChI is InChI=1S/C34H32N4O/c35-25-31(26-36-32(27-13-5-1-6-14-27)28-15-7-2-8-16-28)34(39)38-23-21-37(22-24-38)33(29-17-9-3-10-18-29)30-19-11-4-12-20-30/h1-20,26,32-33,36H,21-24H2/b31-26-. The fourth-order valence-corrected chi connectivity index (χ4v) is 5.22. The number of carbonyl (C=O) groups is 1. The molecule has 1 N–H and O–H groups in total. The van der Waals surface area contributed by atoms with Crippen LogP contribution in [-0.4, -0.2) is 41.9 Å². The van der Waals surface area contributed by atoms with Crippen molar-refractivity contribution in [3.05, 3.63) is 155 Å². The smallest absolute Gasteiger partial charge is 0.266 e. The second kappa shape index (κ2) is 12.7. The molecule has 5 nitrogen and oxygen atoms in total. The molecule has 1 saturated heterocycles. The topological polar surface area (TPSA) is 59.4 Å². The summed E-state index contributed by atoms with van der Waals surface area (Å²) in [4.78, 5) is 17.6. The highest BCUT2D eigenvalue weighted by Crippen LogP contribution is 2.29. The van der Waals surface area contributed by atoms with E-state index in [9.17, 15) is 10.1 Å². The average Bonchev–Trinajstić information content (AvgIpc) is 3.01. The van der Waals surface area contributed by atoms with Gasteiger partial charge in [-0.15, -0.1) is 0 Å². The predicted molar refractivity (Wildman–Crippen MR) is 154 cm³/mol. The van der Waals surface area contributed by atoms with E-state index in [-0.39, 0.29) is 23.6 Å². The lowest BCUT2D eigenvalue weighted by Gasteiger charge is -2.39. The molecule has 194 valence electrons. The van der Waals surface area contributed by atoms with Gasteiger partial charge >= 0.3 is 0 Å². The minimum atomic E-state index is -0.236. The number of benzene rings is 4. The van der Waals surface area contributed by atoms with Crippen molar-refractivity contribution in [1.29, 1.82) is 5.26 Å². The third-order valence-electron chi connectivity index (χ3n) is 7.21. The van der Waals surface area contributed by atoms with Crippen LogP contribution in [0.15, 0.2) is 133 Å². The molecule has 39 heavy (non-hydrogen) atoms. The first-order valence-electron chi connectivity index (χ1n) is 13.3. The van der Waals surface area contributed by atoms with E-state index in [1.54, 1.807) is 11.1 Å². The highest BCUT2D eigenvalue weighted by atomic mass is 16.2. The summed E-state index contributed by atoms with van der Waals surface area (Å²) < 4.78 is 0. The number of piperazine rings is 1. The Kier molecular flexibility index (Phi) is 8.48. The zero-order valence-electron chi connectivity index (χ0n) is 21.9. The molecular weight excluding hydrogens is 480 g/mol. The molecule has 1 heterocycles. The molecule has 0 radical (unpaired) electrons. The molecule has 0 saturated carbocycles. The Morgan fingerprint density at radius 2 is 1.08 bits per heavy atom. The van der Waals surface area contributed by atoms with Gasteiger partial charge in [-0.05, 0) is 22.3 Å². The minimum absolute atomic E-state index is 0.114. The third-order valence-corrected chi connectivity index (χ3v) is 7.21. The molecule has 5 rings (SSSR count). The van der Waals surface area contributed by atoms with Crippen molar-refractivity contribution in [1.82, 2.24) is 15.1 Å². The Morgan fingerprint density at radius 3 is 1.49 bits per heavy atom. The van der Waals surface area contributed by atoms with Gasteiger partial charge in [-0.2, -0.15) is 5.26 Å². The third kappa shape index (κ3) is 6.26. The minimum Gasteiger partial charge on any atom is -0.379 e. The van der Waals surface area contributed by atoms with Gasteiger partial charge in [0.2, 0.25) is 0 Å². The molecule has 4 aromatic carbocycles. The van der Waals surface area contributed by atoms with Gasteiger partial charge in [0.05, 0.1) is 12.1 Å². The molecule has 1 aliphatic heterocycles. The second-order valence-corrected chi connectivity index (χ2v) is 9.64. The molecule has 5 heteroatoms. The summed E-state index contributed by atoms with van der Waals surface area (Å²) in [5.41, 5.74) is 4.71. The van der Waals surface area contributed by atoms with Crippen molar-refractivity contribution in [3.63, 3.8) is 0 Å². The molecule has 1 amide bonds. The van der Waals surface area contributed by atoms with Crippen LogP contribution >= 0.6 is 0 Å². The number of nitrogens with one attached hydrogen (secondary N) is 1. The largest absolute Gasteiger partial charge is 0.379 e. The molecule has 0 unspecified atom stereocenters. The molecule has 4 aromatic rings. The van der Waals surface area contributed by atoms with Gasteiger partial charge in [0.1, 0.15) is 11.6 Å². The molecule has 0 atom stereocenters. The zero-order valence-corrected chi connectivity index (χ0v) is 21.9. The summed E-state index contributed by atoms with van der Waals surface area (Å²) in [6.07, 6.45) is 1.58. The maximum atomic E-state index is 13.4. The highest BCUT2D eigenvalue weighted by molar-refractivity contribution is 5.97. The SMILES string of the molecule is N#C/C(=C/NC(c1ccccc1)c1ccccc1)C(=O)N1CCN(C(c2ccccc2)c2ccccc2)CC1. The van der Waals surface area contributed by atoms with Crippen molar-refractivity contribution < 1.29 is 4.79 Å². The first-order valence-corrected chi connectivity index (χ1v) is 13.3. The quantitative estimate of drug-likeness (QED) is 0.243. The molecule has 0 spiro atoms. The Morgan fingerprint density at radius 1 is 0.667 bits per heavy atom. The molecule has 0 aromatic heterocycles. The van der Waals surface area contributed by atoms with Gasteiger partial charge in [0.25, 0.3) is 5.91 Å². The van der Waals surface area contributed by atoms with Gasteiger partial charge in [-0.1, -0.05) is 121 Å². The number of hydrogen-bond donors (Lipinski definition) is 1. The van der Waals surface area contributed by atoms with Gasteiger partial charge in [-0.3, -0.25) is 9.69 Å². The van der Waals surface area contributed by atoms with Crippen LogP contribution < -0.4 is 5.32 Å². The van der Waals surface area contributed by atoms with Crippen molar-refractivity contribution in [2.75, 3.05) is 26.2 Å². The normalized spacial score (nSPS) is 14.3. The van der Waals surface area contributed by atoms with E-state index in [2.05, 4.69) is 64.8 Å². The number of amides is 1. The Labute approximate surface area is 230 Å². The maximum absolute atomic E-state index is 13.4. The summed E-state index contributed by atoms with van der Waals surface area (Å²) in [6.45, 7) is 2.58. The lowest BCUT2D eigenvalue weighted by atomic mass is 9.96. The average molecular weight is 513 g/mol.